The third kappa shape index (κ3) is 3.44. The van der Waals surface area contributed by atoms with Crippen molar-refractivity contribution < 1.29 is 9.47 Å². The minimum atomic E-state index is -0.0500. The van der Waals surface area contributed by atoms with Crippen LogP contribution in [0, 0.1) is 5.92 Å². The molecule has 4 heteroatoms. The van der Waals surface area contributed by atoms with Gasteiger partial charge in [0.1, 0.15) is 0 Å². The summed E-state index contributed by atoms with van der Waals surface area (Å²) in [5, 5.41) is 0. The Bertz CT molecular complexity index is 244. The molecule has 2 aliphatic heterocycles. The largest absolute Gasteiger partial charge is 0.352 e. The first-order valence-electron chi connectivity index (χ1n) is 7.40. The lowest BCUT2D eigenvalue weighted by atomic mass is 9.92. The van der Waals surface area contributed by atoms with Crippen LogP contribution < -0.4 is 0 Å². The highest BCUT2D eigenvalue weighted by Crippen LogP contribution is 2.31. The van der Waals surface area contributed by atoms with Crippen molar-refractivity contribution >= 4 is 0 Å². The molecule has 0 amide bonds. The van der Waals surface area contributed by atoms with Crippen LogP contribution in [0.1, 0.15) is 26.7 Å². The summed E-state index contributed by atoms with van der Waals surface area (Å²) < 4.78 is 11.3. The molecule has 18 heavy (non-hydrogen) atoms. The first-order chi connectivity index (χ1) is 8.74. The molecule has 4 nitrogen and oxygen atoms in total. The van der Waals surface area contributed by atoms with E-state index < -0.39 is 0 Å². The Balaban J connectivity index is 1.87. The number of nitrogens with zero attached hydrogens (tertiary/aromatic N) is 2. The lowest BCUT2D eigenvalue weighted by molar-refractivity contribution is -0.149. The standard InChI is InChI=1S/C14H28N2O2/c1-4-17-14(18-5-2)11-16-9-7-12-6-8-15(3)10-13(12)16/h12-14H,4-11H2,1-3H3/t12-,13+/m0/s1. The Morgan fingerprint density at radius 1 is 1.11 bits per heavy atom. The monoisotopic (exact) mass is 256 g/mol. The molecule has 2 aliphatic rings. The van der Waals surface area contributed by atoms with Gasteiger partial charge in [-0.2, -0.15) is 0 Å². The maximum Gasteiger partial charge on any atom is 0.170 e. The molecule has 0 aromatic carbocycles. The Labute approximate surface area is 111 Å². The number of fused-ring (bicyclic) bond motifs is 1. The van der Waals surface area contributed by atoms with Gasteiger partial charge in [0.2, 0.25) is 0 Å². The van der Waals surface area contributed by atoms with E-state index in [1.54, 1.807) is 0 Å². The molecule has 0 bridgehead atoms. The van der Waals surface area contributed by atoms with Gasteiger partial charge in [0.15, 0.2) is 6.29 Å². The number of hydrogen-bond acceptors (Lipinski definition) is 4. The van der Waals surface area contributed by atoms with E-state index in [4.69, 9.17) is 9.47 Å². The Morgan fingerprint density at radius 2 is 1.78 bits per heavy atom. The van der Waals surface area contributed by atoms with Crippen molar-refractivity contribution in [3.63, 3.8) is 0 Å². The third-order valence-corrected chi connectivity index (χ3v) is 4.27. The van der Waals surface area contributed by atoms with Gasteiger partial charge >= 0.3 is 0 Å². The van der Waals surface area contributed by atoms with Gasteiger partial charge in [-0.25, -0.2) is 0 Å². The van der Waals surface area contributed by atoms with Crippen molar-refractivity contribution in [1.29, 1.82) is 0 Å². The number of likely N-dealkylation sites (N-methyl/N-ethyl adjacent to an activating group) is 1. The van der Waals surface area contributed by atoms with Gasteiger partial charge in [-0.1, -0.05) is 0 Å². The van der Waals surface area contributed by atoms with Gasteiger partial charge < -0.3 is 14.4 Å². The fourth-order valence-electron chi connectivity index (χ4n) is 3.33. The molecule has 2 saturated heterocycles. The van der Waals surface area contributed by atoms with Gasteiger partial charge in [-0.15, -0.1) is 0 Å². The van der Waals surface area contributed by atoms with Crippen molar-refractivity contribution in [3.05, 3.63) is 0 Å². The molecule has 0 spiro atoms. The van der Waals surface area contributed by atoms with E-state index >= 15 is 0 Å². The van der Waals surface area contributed by atoms with E-state index in [1.165, 1.54) is 32.5 Å². The molecule has 0 aliphatic carbocycles. The van der Waals surface area contributed by atoms with Crippen LogP contribution in [0.5, 0.6) is 0 Å². The minimum Gasteiger partial charge on any atom is -0.352 e. The van der Waals surface area contributed by atoms with Gasteiger partial charge in [0, 0.05) is 32.3 Å². The summed E-state index contributed by atoms with van der Waals surface area (Å²) in [4.78, 5) is 5.03. The number of hydrogen-bond donors (Lipinski definition) is 0. The highest BCUT2D eigenvalue weighted by atomic mass is 16.7. The predicted molar refractivity (Wildman–Crippen MR) is 72.6 cm³/mol. The van der Waals surface area contributed by atoms with Crippen LogP contribution in [0.25, 0.3) is 0 Å². The van der Waals surface area contributed by atoms with Gasteiger partial charge in [-0.3, -0.25) is 4.90 Å². The maximum absolute atomic E-state index is 5.67. The zero-order valence-corrected chi connectivity index (χ0v) is 12.1. The van der Waals surface area contributed by atoms with E-state index in [2.05, 4.69) is 16.8 Å². The number of piperidine rings is 1. The summed E-state index contributed by atoms with van der Waals surface area (Å²) in [6.07, 6.45) is 2.65. The third-order valence-electron chi connectivity index (χ3n) is 4.27. The van der Waals surface area contributed by atoms with Crippen molar-refractivity contribution in [2.75, 3.05) is 46.4 Å². The highest BCUT2D eigenvalue weighted by molar-refractivity contribution is 4.92. The predicted octanol–water partition coefficient (Wildman–Crippen LogP) is 1.41. The van der Waals surface area contributed by atoms with Crippen LogP contribution in [0.3, 0.4) is 0 Å². The normalized spacial score (nSPS) is 30.0. The number of ether oxygens (including phenoxy) is 2. The molecule has 2 heterocycles. The molecule has 0 aromatic rings. The van der Waals surface area contributed by atoms with Crippen molar-refractivity contribution in [2.45, 2.75) is 39.0 Å². The van der Waals surface area contributed by atoms with E-state index in [-0.39, 0.29) is 6.29 Å². The van der Waals surface area contributed by atoms with Crippen molar-refractivity contribution in [1.82, 2.24) is 9.80 Å². The van der Waals surface area contributed by atoms with Crippen LogP contribution >= 0.6 is 0 Å². The van der Waals surface area contributed by atoms with Crippen LogP contribution in [-0.4, -0.2) is 68.6 Å². The molecular formula is C14H28N2O2. The van der Waals surface area contributed by atoms with Gasteiger partial charge in [-0.05, 0) is 52.7 Å². The van der Waals surface area contributed by atoms with Crippen LogP contribution in [-0.2, 0) is 9.47 Å². The maximum atomic E-state index is 5.67. The zero-order valence-electron chi connectivity index (χ0n) is 12.1. The van der Waals surface area contributed by atoms with Crippen molar-refractivity contribution in [2.24, 2.45) is 5.92 Å². The molecule has 2 atom stereocenters. The second-order valence-electron chi connectivity index (χ2n) is 5.50. The Morgan fingerprint density at radius 3 is 2.44 bits per heavy atom. The average Bonchev–Trinajstić information content (AvgIpc) is 2.73. The smallest absolute Gasteiger partial charge is 0.170 e. The summed E-state index contributed by atoms with van der Waals surface area (Å²) in [6, 6.07) is 0.715. The summed E-state index contributed by atoms with van der Waals surface area (Å²) >= 11 is 0. The zero-order chi connectivity index (χ0) is 13.0. The molecule has 0 aromatic heterocycles. The van der Waals surface area contributed by atoms with Crippen LogP contribution in [0.2, 0.25) is 0 Å². The SMILES string of the molecule is CCOC(CN1CC[C@@H]2CCN(C)C[C@H]21)OCC. The second-order valence-corrected chi connectivity index (χ2v) is 5.50. The average molecular weight is 256 g/mol. The van der Waals surface area contributed by atoms with Gasteiger partial charge in [0.25, 0.3) is 0 Å². The second kappa shape index (κ2) is 6.85. The minimum absolute atomic E-state index is 0.0500. The van der Waals surface area contributed by atoms with Crippen LogP contribution in [0.4, 0.5) is 0 Å². The molecule has 2 fully saturated rings. The Kier molecular flexibility index (Phi) is 5.42. The summed E-state index contributed by atoms with van der Waals surface area (Å²) in [6.45, 7) is 10.1. The fraction of sp³-hybridized carbons (Fsp3) is 1.00. The summed E-state index contributed by atoms with van der Waals surface area (Å²) in [7, 11) is 2.23. The topological polar surface area (TPSA) is 24.9 Å². The number of rotatable bonds is 6. The quantitative estimate of drug-likeness (QED) is 0.671. The molecule has 0 N–H and O–H groups in total. The molecule has 0 saturated carbocycles. The molecule has 106 valence electrons. The Hall–Kier alpha value is -0.160. The summed E-state index contributed by atoms with van der Waals surface area (Å²) in [5.41, 5.74) is 0. The van der Waals surface area contributed by atoms with Gasteiger partial charge in [0.05, 0.1) is 0 Å². The van der Waals surface area contributed by atoms with E-state index in [9.17, 15) is 0 Å². The van der Waals surface area contributed by atoms with Crippen LogP contribution in [0.15, 0.2) is 0 Å². The fourth-order valence-corrected chi connectivity index (χ4v) is 3.33. The summed E-state index contributed by atoms with van der Waals surface area (Å²) in [5.74, 6) is 0.894. The molecule has 2 rings (SSSR count). The number of likely N-dealkylation sites (tertiary alicyclic amines) is 2. The lowest BCUT2D eigenvalue weighted by Crippen LogP contribution is -2.49. The molecule has 0 unspecified atom stereocenters. The first kappa shape index (κ1) is 14.3. The lowest BCUT2D eigenvalue weighted by Gasteiger charge is -2.37. The van der Waals surface area contributed by atoms with Crippen molar-refractivity contribution in [3.8, 4) is 0 Å². The molecule has 0 radical (unpaired) electrons. The van der Waals surface area contributed by atoms with E-state index in [1.807, 2.05) is 13.8 Å². The van der Waals surface area contributed by atoms with E-state index in [0.717, 1.165) is 25.7 Å². The molecular weight excluding hydrogens is 228 g/mol. The first-order valence-corrected chi connectivity index (χ1v) is 7.40. The highest BCUT2D eigenvalue weighted by Gasteiger charge is 2.38. The van der Waals surface area contributed by atoms with E-state index in [0.29, 0.717) is 6.04 Å².